The minimum Gasteiger partial charge on any atom is -0.480 e. The molecule has 2 rings (SSSR count). The number of β-lactam (4-membered cyclic amide) rings is 1. The van der Waals surface area contributed by atoms with Crippen LogP contribution in [0.15, 0.2) is 12.4 Å². The van der Waals surface area contributed by atoms with Crippen molar-refractivity contribution in [3.8, 4) is 0 Å². The second-order valence-corrected chi connectivity index (χ2v) is 9.08. The van der Waals surface area contributed by atoms with E-state index in [2.05, 4.69) is 11.9 Å². The minimum absolute atomic E-state index is 0.0341. The van der Waals surface area contributed by atoms with Gasteiger partial charge in [-0.3, -0.25) is 9.59 Å². The SMILES string of the molecule is C=C(N)NCCCC1C(=O)N(C(=O)N2CCN(C(=O)CC(C)(C)C)CC2)C1C(=O)O. The van der Waals surface area contributed by atoms with E-state index in [1.54, 1.807) is 4.90 Å². The van der Waals surface area contributed by atoms with Gasteiger partial charge in [-0.25, -0.2) is 14.5 Å². The number of nitrogens with one attached hydrogen (secondary N) is 1. The lowest BCUT2D eigenvalue weighted by atomic mass is 9.83. The minimum atomic E-state index is -1.19. The van der Waals surface area contributed by atoms with E-state index < -0.39 is 29.9 Å². The molecule has 0 saturated carbocycles. The average Bonchev–Trinajstić information content (AvgIpc) is 2.63. The van der Waals surface area contributed by atoms with Crippen molar-refractivity contribution in [2.24, 2.45) is 17.1 Å². The number of carbonyl (C=O) groups is 4. The Labute approximate surface area is 177 Å². The van der Waals surface area contributed by atoms with Crippen molar-refractivity contribution in [3.63, 3.8) is 0 Å². The van der Waals surface area contributed by atoms with Crippen LogP contribution >= 0.6 is 0 Å². The van der Waals surface area contributed by atoms with Crippen LogP contribution in [0.1, 0.15) is 40.0 Å². The number of carboxylic acids is 1. The van der Waals surface area contributed by atoms with Gasteiger partial charge in [0, 0.05) is 39.1 Å². The summed E-state index contributed by atoms with van der Waals surface area (Å²) in [6.07, 6.45) is 1.29. The summed E-state index contributed by atoms with van der Waals surface area (Å²) in [7, 11) is 0. The van der Waals surface area contributed by atoms with Gasteiger partial charge in [-0.05, 0) is 18.3 Å². The van der Waals surface area contributed by atoms with Crippen molar-refractivity contribution in [2.45, 2.75) is 46.1 Å². The highest BCUT2D eigenvalue weighted by atomic mass is 16.4. The number of imide groups is 1. The second kappa shape index (κ2) is 9.36. The Kier molecular flexibility index (Phi) is 7.33. The first-order valence-corrected chi connectivity index (χ1v) is 10.2. The van der Waals surface area contributed by atoms with Gasteiger partial charge in [-0.2, -0.15) is 0 Å². The van der Waals surface area contributed by atoms with Crippen LogP contribution in [0.25, 0.3) is 0 Å². The lowest BCUT2D eigenvalue weighted by molar-refractivity contribution is -0.167. The quantitative estimate of drug-likeness (QED) is 0.398. The third-order valence-electron chi connectivity index (χ3n) is 5.30. The number of nitrogens with zero attached hydrogens (tertiary/aromatic N) is 3. The Balaban J connectivity index is 1.90. The summed E-state index contributed by atoms with van der Waals surface area (Å²) in [5, 5.41) is 12.4. The van der Waals surface area contributed by atoms with Gasteiger partial charge in [-0.1, -0.05) is 27.4 Å². The number of hydrogen-bond donors (Lipinski definition) is 3. The van der Waals surface area contributed by atoms with Crippen molar-refractivity contribution in [1.29, 1.82) is 0 Å². The average molecular weight is 424 g/mol. The molecule has 0 spiro atoms. The lowest BCUT2D eigenvalue weighted by Crippen LogP contribution is -2.69. The molecular weight excluding hydrogens is 390 g/mol. The highest BCUT2D eigenvalue weighted by Crippen LogP contribution is 2.32. The van der Waals surface area contributed by atoms with E-state index in [4.69, 9.17) is 5.73 Å². The van der Waals surface area contributed by atoms with Crippen LogP contribution < -0.4 is 11.1 Å². The van der Waals surface area contributed by atoms with Crippen molar-refractivity contribution >= 4 is 23.8 Å². The summed E-state index contributed by atoms with van der Waals surface area (Å²) >= 11 is 0. The Bertz CT molecular complexity index is 709. The summed E-state index contributed by atoms with van der Waals surface area (Å²) in [6, 6.07) is -1.76. The zero-order valence-electron chi connectivity index (χ0n) is 18.0. The molecule has 0 aliphatic carbocycles. The molecule has 4 amide bonds. The summed E-state index contributed by atoms with van der Waals surface area (Å²) in [5.41, 5.74) is 5.29. The first kappa shape index (κ1) is 23.5. The van der Waals surface area contributed by atoms with E-state index in [0.29, 0.717) is 44.7 Å². The molecule has 0 bridgehead atoms. The second-order valence-electron chi connectivity index (χ2n) is 9.08. The molecular formula is C20H33N5O5. The van der Waals surface area contributed by atoms with Gasteiger partial charge < -0.3 is 26.0 Å². The molecule has 2 atom stereocenters. The molecule has 0 radical (unpaired) electrons. The van der Waals surface area contributed by atoms with E-state index in [-0.39, 0.29) is 24.4 Å². The molecule has 2 unspecified atom stereocenters. The van der Waals surface area contributed by atoms with Crippen LogP contribution in [-0.4, -0.2) is 82.4 Å². The third-order valence-corrected chi connectivity index (χ3v) is 5.30. The molecule has 0 aromatic rings. The number of nitrogens with two attached hydrogens (primary N) is 1. The van der Waals surface area contributed by atoms with Gasteiger partial charge in [0.05, 0.1) is 11.7 Å². The van der Waals surface area contributed by atoms with E-state index >= 15 is 0 Å². The Morgan fingerprint density at radius 3 is 2.23 bits per heavy atom. The van der Waals surface area contributed by atoms with Gasteiger partial charge in [-0.15, -0.1) is 0 Å². The predicted octanol–water partition coefficient (Wildman–Crippen LogP) is 0.398. The van der Waals surface area contributed by atoms with Crippen LogP contribution in [0.4, 0.5) is 4.79 Å². The number of rotatable bonds is 7. The molecule has 168 valence electrons. The fraction of sp³-hybridized carbons (Fsp3) is 0.700. The number of carbonyl (C=O) groups excluding carboxylic acids is 3. The number of piperazine rings is 1. The van der Waals surface area contributed by atoms with Crippen molar-refractivity contribution < 1.29 is 24.3 Å². The normalized spacial score (nSPS) is 21.8. The summed E-state index contributed by atoms with van der Waals surface area (Å²) in [4.78, 5) is 53.3. The molecule has 2 heterocycles. The van der Waals surface area contributed by atoms with Crippen LogP contribution in [-0.2, 0) is 14.4 Å². The smallest absolute Gasteiger partial charge is 0.327 e. The monoisotopic (exact) mass is 423 g/mol. The highest BCUT2D eigenvalue weighted by molar-refractivity contribution is 6.07. The molecule has 2 fully saturated rings. The Morgan fingerprint density at radius 1 is 1.17 bits per heavy atom. The highest BCUT2D eigenvalue weighted by Gasteiger charge is 2.55. The fourth-order valence-electron chi connectivity index (χ4n) is 3.76. The van der Waals surface area contributed by atoms with E-state index in [1.165, 1.54) is 4.90 Å². The van der Waals surface area contributed by atoms with Gasteiger partial charge >= 0.3 is 12.0 Å². The third kappa shape index (κ3) is 5.64. The largest absolute Gasteiger partial charge is 0.480 e. The summed E-state index contributed by atoms with van der Waals surface area (Å²) < 4.78 is 0. The van der Waals surface area contributed by atoms with Gasteiger partial charge in [0.25, 0.3) is 0 Å². The van der Waals surface area contributed by atoms with Gasteiger partial charge in [0.2, 0.25) is 11.8 Å². The standard InChI is InChI=1S/C20H33N5O5/c1-13(21)22-7-5-6-14-16(18(28)29)25(17(14)27)19(30)24-10-8-23(9-11-24)15(26)12-20(2,3)4/h14,16,22H,1,5-12,21H2,2-4H3,(H,28,29). The number of urea groups is 1. The number of carboxylic acid groups (broad SMARTS) is 1. The Morgan fingerprint density at radius 2 is 1.73 bits per heavy atom. The van der Waals surface area contributed by atoms with Crippen molar-refractivity contribution in [3.05, 3.63) is 12.4 Å². The van der Waals surface area contributed by atoms with E-state index in [1.807, 2.05) is 20.8 Å². The summed E-state index contributed by atoms with van der Waals surface area (Å²) in [5.74, 6) is -2.05. The molecule has 10 heteroatoms. The molecule has 10 nitrogen and oxygen atoms in total. The van der Waals surface area contributed by atoms with Crippen LogP contribution in [0.2, 0.25) is 0 Å². The molecule has 0 aromatic carbocycles. The van der Waals surface area contributed by atoms with Crippen molar-refractivity contribution in [1.82, 2.24) is 20.0 Å². The molecule has 2 saturated heterocycles. The number of aliphatic carboxylic acids is 1. The number of likely N-dealkylation sites (tertiary alicyclic amines) is 1. The fourth-order valence-corrected chi connectivity index (χ4v) is 3.76. The predicted molar refractivity (Wildman–Crippen MR) is 110 cm³/mol. The molecule has 2 aliphatic heterocycles. The van der Waals surface area contributed by atoms with Crippen LogP contribution in [0, 0.1) is 11.3 Å². The topological polar surface area (TPSA) is 136 Å². The maximum absolute atomic E-state index is 12.8. The molecule has 2 aliphatic rings. The molecule has 4 N–H and O–H groups in total. The van der Waals surface area contributed by atoms with Crippen LogP contribution in [0.3, 0.4) is 0 Å². The first-order chi connectivity index (χ1) is 13.9. The lowest BCUT2D eigenvalue weighted by Gasteiger charge is -2.46. The molecule has 30 heavy (non-hydrogen) atoms. The van der Waals surface area contributed by atoms with E-state index in [0.717, 1.165) is 4.90 Å². The zero-order chi connectivity index (χ0) is 22.6. The maximum atomic E-state index is 12.8. The van der Waals surface area contributed by atoms with Crippen LogP contribution in [0.5, 0.6) is 0 Å². The maximum Gasteiger partial charge on any atom is 0.327 e. The number of amides is 4. The molecule has 0 aromatic heterocycles. The zero-order valence-corrected chi connectivity index (χ0v) is 18.0. The first-order valence-electron chi connectivity index (χ1n) is 10.2. The Hall–Kier alpha value is -2.78. The van der Waals surface area contributed by atoms with Gasteiger partial charge in [0.15, 0.2) is 6.04 Å². The van der Waals surface area contributed by atoms with E-state index in [9.17, 15) is 24.3 Å². The summed E-state index contributed by atoms with van der Waals surface area (Å²) in [6.45, 7) is 11.3. The van der Waals surface area contributed by atoms with Crippen molar-refractivity contribution in [2.75, 3.05) is 32.7 Å². The van der Waals surface area contributed by atoms with Gasteiger partial charge in [0.1, 0.15) is 0 Å². The number of hydrogen-bond acceptors (Lipinski definition) is 6.